The minimum Gasteiger partial charge on any atom is -0.376 e. The second-order valence-electron chi connectivity index (χ2n) is 8.17. The van der Waals surface area contributed by atoms with Crippen molar-refractivity contribution >= 4 is 17.5 Å². The Kier molecular flexibility index (Phi) is 6.15. The van der Waals surface area contributed by atoms with Crippen LogP contribution in [-0.2, 0) is 10.2 Å². The maximum atomic E-state index is 12.6. The summed E-state index contributed by atoms with van der Waals surface area (Å²) in [5.74, 6) is -0.344. The molecule has 2 aromatic rings. The number of anilines is 1. The van der Waals surface area contributed by atoms with Crippen molar-refractivity contribution in [2.24, 2.45) is 0 Å². The lowest BCUT2D eigenvalue weighted by atomic mass is 9.86. The SMILES string of the molecule is CC(C)(C)c1ccccc1NC(=O)c1ccc(C(=O)NCC2CCCO2)cc1. The van der Waals surface area contributed by atoms with Gasteiger partial charge in [-0.15, -0.1) is 0 Å². The summed E-state index contributed by atoms with van der Waals surface area (Å²) in [4.78, 5) is 24.9. The highest BCUT2D eigenvalue weighted by Gasteiger charge is 2.19. The lowest BCUT2D eigenvalue weighted by Crippen LogP contribution is -2.31. The van der Waals surface area contributed by atoms with E-state index in [4.69, 9.17) is 4.74 Å². The Hall–Kier alpha value is -2.66. The Labute approximate surface area is 166 Å². The molecule has 0 aliphatic carbocycles. The highest BCUT2D eigenvalue weighted by atomic mass is 16.5. The summed E-state index contributed by atoms with van der Waals surface area (Å²) in [6.07, 6.45) is 2.13. The molecule has 0 spiro atoms. The molecule has 5 heteroatoms. The van der Waals surface area contributed by atoms with Crippen LogP contribution in [0.3, 0.4) is 0 Å². The number of carbonyl (C=O) groups excluding carboxylic acids is 2. The van der Waals surface area contributed by atoms with Gasteiger partial charge in [-0.05, 0) is 54.2 Å². The fourth-order valence-corrected chi connectivity index (χ4v) is 3.33. The minimum atomic E-state index is -0.192. The summed E-state index contributed by atoms with van der Waals surface area (Å²) in [7, 11) is 0. The van der Waals surface area contributed by atoms with Gasteiger partial charge in [0, 0.05) is 30.0 Å². The van der Waals surface area contributed by atoms with Gasteiger partial charge >= 0.3 is 0 Å². The summed E-state index contributed by atoms with van der Waals surface area (Å²) in [5.41, 5.74) is 2.85. The summed E-state index contributed by atoms with van der Waals surface area (Å²) < 4.78 is 5.51. The fourth-order valence-electron chi connectivity index (χ4n) is 3.33. The van der Waals surface area contributed by atoms with Crippen LogP contribution in [0, 0.1) is 0 Å². The standard InChI is InChI=1S/C23H28N2O3/c1-23(2,3)19-8-4-5-9-20(19)25-22(27)17-12-10-16(11-13-17)21(26)24-15-18-7-6-14-28-18/h4-5,8-13,18H,6-7,14-15H2,1-3H3,(H,24,26)(H,25,27). The predicted molar refractivity (Wildman–Crippen MR) is 111 cm³/mol. The molecule has 2 amide bonds. The van der Waals surface area contributed by atoms with E-state index in [1.54, 1.807) is 24.3 Å². The third kappa shape index (κ3) is 4.98. The molecule has 3 rings (SSSR count). The summed E-state index contributed by atoms with van der Waals surface area (Å²) in [5, 5.41) is 5.88. The van der Waals surface area contributed by atoms with Crippen molar-refractivity contribution in [3.63, 3.8) is 0 Å². The molecule has 2 N–H and O–H groups in total. The summed E-state index contributed by atoms with van der Waals surface area (Å²) in [6.45, 7) is 7.62. The molecule has 28 heavy (non-hydrogen) atoms. The Morgan fingerprint density at radius 1 is 1.00 bits per heavy atom. The van der Waals surface area contributed by atoms with Crippen LogP contribution < -0.4 is 10.6 Å². The first-order chi connectivity index (χ1) is 13.3. The molecule has 1 aliphatic heterocycles. The van der Waals surface area contributed by atoms with Crippen molar-refractivity contribution in [1.82, 2.24) is 5.32 Å². The fraction of sp³-hybridized carbons (Fsp3) is 0.391. The Morgan fingerprint density at radius 2 is 1.64 bits per heavy atom. The number of rotatable bonds is 5. The highest BCUT2D eigenvalue weighted by Crippen LogP contribution is 2.29. The van der Waals surface area contributed by atoms with Crippen molar-refractivity contribution in [3.05, 3.63) is 65.2 Å². The van der Waals surface area contributed by atoms with Crippen molar-refractivity contribution in [2.75, 3.05) is 18.5 Å². The molecular formula is C23H28N2O3. The average Bonchev–Trinajstić information content (AvgIpc) is 3.19. The van der Waals surface area contributed by atoms with Gasteiger partial charge in [0.25, 0.3) is 11.8 Å². The van der Waals surface area contributed by atoms with E-state index in [9.17, 15) is 9.59 Å². The molecule has 1 aliphatic rings. The van der Waals surface area contributed by atoms with Crippen molar-refractivity contribution < 1.29 is 14.3 Å². The second kappa shape index (κ2) is 8.57. The Morgan fingerprint density at radius 3 is 2.25 bits per heavy atom. The number of benzene rings is 2. The van der Waals surface area contributed by atoms with Crippen LogP contribution in [0.25, 0.3) is 0 Å². The number of hydrogen-bond acceptors (Lipinski definition) is 3. The molecule has 1 unspecified atom stereocenters. The zero-order valence-electron chi connectivity index (χ0n) is 16.7. The van der Waals surface area contributed by atoms with Gasteiger partial charge in [0.15, 0.2) is 0 Å². The van der Waals surface area contributed by atoms with Crippen LogP contribution in [-0.4, -0.2) is 31.1 Å². The lowest BCUT2D eigenvalue weighted by Gasteiger charge is -2.23. The molecule has 1 heterocycles. The quantitative estimate of drug-likeness (QED) is 0.819. The first-order valence-corrected chi connectivity index (χ1v) is 9.75. The van der Waals surface area contributed by atoms with Crippen LogP contribution in [0.4, 0.5) is 5.69 Å². The largest absolute Gasteiger partial charge is 0.376 e. The van der Waals surface area contributed by atoms with E-state index < -0.39 is 0 Å². The van der Waals surface area contributed by atoms with Gasteiger partial charge in [-0.25, -0.2) is 0 Å². The molecule has 1 saturated heterocycles. The van der Waals surface area contributed by atoms with Gasteiger partial charge in [0.1, 0.15) is 0 Å². The van der Waals surface area contributed by atoms with E-state index in [1.807, 2.05) is 24.3 Å². The summed E-state index contributed by atoms with van der Waals surface area (Å²) in [6, 6.07) is 14.5. The lowest BCUT2D eigenvalue weighted by molar-refractivity contribution is 0.0857. The van der Waals surface area contributed by atoms with Gasteiger partial charge in [-0.1, -0.05) is 39.0 Å². The number of ether oxygens (including phenoxy) is 1. The Balaban J connectivity index is 1.63. The molecule has 5 nitrogen and oxygen atoms in total. The molecule has 1 atom stereocenters. The van der Waals surface area contributed by atoms with Crippen LogP contribution in [0.5, 0.6) is 0 Å². The molecule has 0 saturated carbocycles. The number of hydrogen-bond donors (Lipinski definition) is 2. The van der Waals surface area contributed by atoms with E-state index in [1.165, 1.54) is 0 Å². The zero-order valence-corrected chi connectivity index (χ0v) is 16.7. The summed E-state index contributed by atoms with van der Waals surface area (Å²) >= 11 is 0. The molecular weight excluding hydrogens is 352 g/mol. The van der Waals surface area contributed by atoms with Crippen LogP contribution >= 0.6 is 0 Å². The number of carbonyl (C=O) groups is 2. The number of para-hydroxylation sites is 1. The van der Waals surface area contributed by atoms with E-state index >= 15 is 0 Å². The maximum absolute atomic E-state index is 12.6. The van der Waals surface area contributed by atoms with Gasteiger partial charge < -0.3 is 15.4 Å². The van der Waals surface area contributed by atoms with Crippen LogP contribution in [0.2, 0.25) is 0 Å². The van der Waals surface area contributed by atoms with Gasteiger partial charge in [-0.3, -0.25) is 9.59 Å². The smallest absolute Gasteiger partial charge is 0.255 e. The van der Waals surface area contributed by atoms with E-state index in [0.29, 0.717) is 17.7 Å². The topological polar surface area (TPSA) is 67.4 Å². The van der Waals surface area contributed by atoms with Gasteiger partial charge in [0.05, 0.1) is 6.10 Å². The first kappa shape index (κ1) is 20.1. The zero-order chi connectivity index (χ0) is 20.1. The van der Waals surface area contributed by atoms with Crippen molar-refractivity contribution in [3.8, 4) is 0 Å². The molecule has 1 fully saturated rings. The van der Waals surface area contributed by atoms with Crippen molar-refractivity contribution in [1.29, 1.82) is 0 Å². The second-order valence-corrected chi connectivity index (χ2v) is 8.17. The molecule has 0 radical (unpaired) electrons. The third-order valence-electron chi connectivity index (χ3n) is 4.91. The third-order valence-corrected chi connectivity index (χ3v) is 4.91. The molecule has 148 valence electrons. The normalized spacial score (nSPS) is 16.6. The van der Waals surface area contributed by atoms with Crippen molar-refractivity contribution in [2.45, 2.75) is 45.1 Å². The number of amides is 2. The van der Waals surface area contributed by atoms with Crippen LogP contribution in [0.1, 0.15) is 59.9 Å². The molecule has 0 aromatic heterocycles. The maximum Gasteiger partial charge on any atom is 0.255 e. The molecule has 2 aromatic carbocycles. The Bertz CT molecular complexity index is 832. The van der Waals surface area contributed by atoms with E-state index in [-0.39, 0.29) is 23.3 Å². The van der Waals surface area contributed by atoms with E-state index in [2.05, 4.69) is 31.4 Å². The monoisotopic (exact) mass is 380 g/mol. The first-order valence-electron chi connectivity index (χ1n) is 9.75. The average molecular weight is 380 g/mol. The molecule has 0 bridgehead atoms. The van der Waals surface area contributed by atoms with Gasteiger partial charge in [-0.2, -0.15) is 0 Å². The number of nitrogens with one attached hydrogen (secondary N) is 2. The highest BCUT2D eigenvalue weighted by molar-refractivity contribution is 6.05. The van der Waals surface area contributed by atoms with Gasteiger partial charge in [0.2, 0.25) is 0 Å². The van der Waals surface area contributed by atoms with Crippen LogP contribution in [0.15, 0.2) is 48.5 Å². The minimum absolute atomic E-state index is 0.0746. The predicted octanol–water partition coefficient (Wildman–Crippen LogP) is 4.15. The van der Waals surface area contributed by atoms with E-state index in [0.717, 1.165) is 30.7 Å².